The maximum absolute atomic E-state index is 12.6. The fourth-order valence-electron chi connectivity index (χ4n) is 5.71. The van der Waals surface area contributed by atoms with Gasteiger partial charge in [-0.1, -0.05) is 154 Å². The number of allylic oxidation sites excluding steroid dienone is 2. The van der Waals surface area contributed by atoms with Crippen LogP contribution >= 0.6 is 7.82 Å². The van der Waals surface area contributed by atoms with Crippen molar-refractivity contribution in [3.05, 3.63) is 12.2 Å². The zero-order chi connectivity index (χ0) is 38.5. The summed E-state index contributed by atoms with van der Waals surface area (Å²) in [6, 6.07) is -1.52. The third kappa shape index (κ3) is 35.3. The summed E-state index contributed by atoms with van der Waals surface area (Å²) in [5, 5.41) is 8.87. The Morgan fingerprint density at radius 1 is 0.577 bits per heavy atom. The number of unbranched alkanes of at least 4 members (excludes halogenated alkanes) is 23. The van der Waals surface area contributed by atoms with E-state index in [9.17, 15) is 23.8 Å². The van der Waals surface area contributed by atoms with Crippen molar-refractivity contribution in [2.75, 3.05) is 19.8 Å². The van der Waals surface area contributed by atoms with E-state index < -0.39 is 51.1 Å². The van der Waals surface area contributed by atoms with Gasteiger partial charge in [-0.3, -0.25) is 23.4 Å². The lowest BCUT2D eigenvalue weighted by Crippen LogP contribution is -2.34. The number of hydrogen-bond acceptors (Lipinski definition) is 9. The van der Waals surface area contributed by atoms with Gasteiger partial charge in [0.15, 0.2) is 6.10 Å². The molecule has 0 aromatic carbocycles. The first-order valence-corrected chi connectivity index (χ1v) is 22.2. The topological polar surface area (TPSA) is 172 Å². The van der Waals surface area contributed by atoms with Crippen LogP contribution in [-0.4, -0.2) is 59.9 Å². The second-order valence-corrected chi connectivity index (χ2v) is 15.6. The Balaban J connectivity index is 4.39. The van der Waals surface area contributed by atoms with Gasteiger partial charge in [-0.05, 0) is 38.5 Å². The second kappa shape index (κ2) is 36.2. The molecular formula is C40H76NO10P. The number of aliphatic carboxylic acids is 1. The minimum absolute atomic E-state index is 0.155. The highest BCUT2D eigenvalue weighted by molar-refractivity contribution is 7.47. The van der Waals surface area contributed by atoms with Crippen LogP contribution in [0.2, 0.25) is 0 Å². The van der Waals surface area contributed by atoms with E-state index in [1.807, 2.05) is 0 Å². The van der Waals surface area contributed by atoms with E-state index in [0.717, 1.165) is 57.8 Å². The molecule has 0 aliphatic carbocycles. The van der Waals surface area contributed by atoms with Crippen molar-refractivity contribution in [3.8, 4) is 0 Å². The number of hydrogen-bond donors (Lipinski definition) is 3. The number of esters is 2. The number of carboxylic acids is 1. The van der Waals surface area contributed by atoms with Crippen molar-refractivity contribution in [2.24, 2.45) is 5.73 Å². The normalized spacial score (nSPS) is 13.9. The van der Waals surface area contributed by atoms with Crippen molar-refractivity contribution < 1.29 is 47.5 Å². The molecule has 0 spiro atoms. The molecule has 0 heterocycles. The van der Waals surface area contributed by atoms with Crippen LogP contribution < -0.4 is 5.73 Å². The van der Waals surface area contributed by atoms with E-state index in [1.165, 1.54) is 96.3 Å². The van der Waals surface area contributed by atoms with E-state index in [1.54, 1.807) is 0 Å². The van der Waals surface area contributed by atoms with Crippen LogP contribution in [0.1, 0.15) is 194 Å². The molecule has 3 atom stereocenters. The molecule has 0 aliphatic heterocycles. The van der Waals surface area contributed by atoms with Gasteiger partial charge < -0.3 is 25.2 Å². The molecule has 52 heavy (non-hydrogen) atoms. The van der Waals surface area contributed by atoms with Gasteiger partial charge in [-0.2, -0.15) is 0 Å². The summed E-state index contributed by atoms with van der Waals surface area (Å²) in [4.78, 5) is 45.8. The molecule has 11 nitrogen and oxygen atoms in total. The fourth-order valence-corrected chi connectivity index (χ4v) is 6.48. The number of ether oxygens (including phenoxy) is 2. The summed E-state index contributed by atoms with van der Waals surface area (Å²) in [6.07, 6.45) is 34.2. The van der Waals surface area contributed by atoms with Crippen molar-refractivity contribution in [2.45, 2.75) is 206 Å². The summed E-state index contributed by atoms with van der Waals surface area (Å²) >= 11 is 0. The quantitative estimate of drug-likeness (QED) is 0.0235. The summed E-state index contributed by atoms with van der Waals surface area (Å²) in [5.41, 5.74) is 5.32. The van der Waals surface area contributed by atoms with E-state index in [2.05, 4.69) is 30.5 Å². The van der Waals surface area contributed by atoms with Crippen molar-refractivity contribution in [1.29, 1.82) is 0 Å². The SMILES string of the molecule is CCCCCCC/C=C\CCCCCCCC(=O)OC(COC(=O)CCCCCCCCCCCCCCCC)COP(=O)(O)OCC(N)C(=O)O. The molecule has 0 fully saturated rings. The maximum Gasteiger partial charge on any atom is 0.472 e. The predicted octanol–water partition coefficient (Wildman–Crippen LogP) is 10.5. The molecule has 0 radical (unpaired) electrons. The van der Waals surface area contributed by atoms with Crippen molar-refractivity contribution in [1.82, 2.24) is 0 Å². The highest BCUT2D eigenvalue weighted by Gasteiger charge is 2.28. The number of nitrogens with two attached hydrogens (primary N) is 1. The molecule has 3 unspecified atom stereocenters. The summed E-state index contributed by atoms with van der Waals surface area (Å²) in [7, 11) is -4.71. The van der Waals surface area contributed by atoms with E-state index in [0.29, 0.717) is 12.8 Å². The van der Waals surface area contributed by atoms with Crippen LogP contribution in [0, 0.1) is 0 Å². The van der Waals surface area contributed by atoms with Gasteiger partial charge in [-0.25, -0.2) is 4.57 Å². The Labute approximate surface area is 316 Å². The lowest BCUT2D eigenvalue weighted by atomic mass is 10.0. The predicted molar refractivity (Wildman–Crippen MR) is 208 cm³/mol. The summed E-state index contributed by atoms with van der Waals surface area (Å²) in [6.45, 7) is 2.79. The standard InChI is InChI=1S/C40H76NO10P/c1-3-5-7-9-11-13-15-17-19-21-23-25-27-29-31-38(42)48-33-36(34-49-52(46,47)50-35-37(41)40(44)45)51-39(43)32-30-28-26-24-22-20-18-16-14-12-10-8-6-4-2/h16,18,36-37H,3-15,17,19-35,41H2,1-2H3,(H,44,45)(H,46,47)/b18-16-. The number of phosphoric ester groups is 1. The molecule has 0 aromatic rings. The molecule has 0 aromatic heterocycles. The molecule has 0 rings (SSSR count). The molecule has 12 heteroatoms. The Hall–Kier alpha value is -1.78. The van der Waals surface area contributed by atoms with Crippen LogP contribution in [0.15, 0.2) is 12.2 Å². The minimum Gasteiger partial charge on any atom is -0.480 e. The number of carbonyl (C=O) groups is 3. The van der Waals surface area contributed by atoms with Gasteiger partial charge in [-0.15, -0.1) is 0 Å². The van der Waals surface area contributed by atoms with E-state index in [-0.39, 0.29) is 19.4 Å². The number of rotatable bonds is 39. The maximum atomic E-state index is 12.6. The van der Waals surface area contributed by atoms with E-state index in [4.69, 9.17) is 24.8 Å². The zero-order valence-electron chi connectivity index (χ0n) is 32.9. The van der Waals surface area contributed by atoms with Crippen molar-refractivity contribution in [3.63, 3.8) is 0 Å². The summed E-state index contributed by atoms with van der Waals surface area (Å²) in [5.74, 6) is -2.38. The Kier molecular flexibility index (Phi) is 35.0. The first kappa shape index (κ1) is 50.2. The Bertz CT molecular complexity index is 947. The van der Waals surface area contributed by atoms with Crippen LogP contribution in [0.3, 0.4) is 0 Å². The lowest BCUT2D eigenvalue weighted by Gasteiger charge is -2.20. The summed E-state index contributed by atoms with van der Waals surface area (Å²) < 4.78 is 32.6. The Morgan fingerprint density at radius 3 is 1.40 bits per heavy atom. The first-order valence-electron chi connectivity index (χ1n) is 20.7. The largest absolute Gasteiger partial charge is 0.480 e. The molecule has 0 aliphatic rings. The smallest absolute Gasteiger partial charge is 0.472 e. The van der Waals surface area contributed by atoms with Crippen molar-refractivity contribution >= 4 is 25.7 Å². The fraction of sp³-hybridized carbons (Fsp3) is 0.875. The average Bonchev–Trinajstić information content (AvgIpc) is 3.12. The minimum atomic E-state index is -4.71. The molecule has 4 N–H and O–H groups in total. The van der Waals surface area contributed by atoms with Gasteiger partial charge in [0.2, 0.25) is 0 Å². The number of phosphoric acid groups is 1. The third-order valence-corrected chi connectivity index (χ3v) is 9.96. The van der Waals surface area contributed by atoms with Gasteiger partial charge in [0.1, 0.15) is 12.6 Å². The number of carboxylic acid groups (broad SMARTS) is 1. The molecule has 0 amide bonds. The van der Waals surface area contributed by atoms with Crippen LogP contribution in [0.5, 0.6) is 0 Å². The lowest BCUT2D eigenvalue weighted by molar-refractivity contribution is -0.161. The zero-order valence-corrected chi connectivity index (χ0v) is 33.8. The van der Waals surface area contributed by atoms with Gasteiger partial charge >= 0.3 is 25.7 Å². The highest BCUT2D eigenvalue weighted by Crippen LogP contribution is 2.43. The van der Waals surface area contributed by atoms with Gasteiger partial charge in [0.25, 0.3) is 0 Å². The monoisotopic (exact) mass is 762 g/mol. The molecule has 0 saturated heterocycles. The van der Waals surface area contributed by atoms with Crippen LogP contribution in [0.25, 0.3) is 0 Å². The van der Waals surface area contributed by atoms with E-state index >= 15 is 0 Å². The molecule has 306 valence electrons. The highest BCUT2D eigenvalue weighted by atomic mass is 31.2. The molecule has 0 saturated carbocycles. The first-order chi connectivity index (χ1) is 25.1. The molecule has 0 bridgehead atoms. The van der Waals surface area contributed by atoms with Crippen LogP contribution in [-0.2, 0) is 37.5 Å². The Morgan fingerprint density at radius 2 is 0.962 bits per heavy atom. The van der Waals surface area contributed by atoms with Gasteiger partial charge in [0.05, 0.1) is 13.2 Å². The third-order valence-electron chi connectivity index (χ3n) is 9.01. The molecular weight excluding hydrogens is 685 g/mol. The van der Waals surface area contributed by atoms with Crippen LogP contribution in [0.4, 0.5) is 0 Å². The second-order valence-electron chi connectivity index (χ2n) is 14.1. The number of carbonyl (C=O) groups excluding carboxylic acids is 2. The average molecular weight is 762 g/mol. The van der Waals surface area contributed by atoms with Gasteiger partial charge in [0, 0.05) is 12.8 Å².